The Balaban J connectivity index is 1.89. The SMILES string of the molecule is Cc1ccccc1-c1ccc(=O)n(CC(=O)Nc2cc(C(F)(F)F)cc(C(F)(F)F)c2)n1. The highest BCUT2D eigenvalue weighted by Crippen LogP contribution is 2.37. The largest absolute Gasteiger partial charge is 0.416 e. The number of hydrogen-bond donors (Lipinski definition) is 1. The number of anilines is 1. The van der Waals surface area contributed by atoms with Crippen LogP contribution in [-0.4, -0.2) is 15.7 Å². The summed E-state index contributed by atoms with van der Waals surface area (Å²) >= 11 is 0. The number of hydrogen-bond acceptors (Lipinski definition) is 3. The number of halogens is 6. The molecule has 0 saturated heterocycles. The summed E-state index contributed by atoms with van der Waals surface area (Å²) < 4.78 is 78.6. The second kappa shape index (κ2) is 8.48. The van der Waals surface area contributed by atoms with E-state index in [2.05, 4.69) is 5.10 Å². The van der Waals surface area contributed by atoms with Gasteiger partial charge in [0.15, 0.2) is 0 Å². The van der Waals surface area contributed by atoms with Crippen molar-refractivity contribution < 1.29 is 31.1 Å². The van der Waals surface area contributed by atoms with E-state index in [1.165, 1.54) is 6.07 Å². The van der Waals surface area contributed by atoms with Crippen molar-refractivity contribution in [3.63, 3.8) is 0 Å². The molecule has 1 amide bonds. The van der Waals surface area contributed by atoms with E-state index in [-0.39, 0.29) is 6.07 Å². The van der Waals surface area contributed by atoms with E-state index in [0.717, 1.165) is 16.3 Å². The van der Waals surface area contributed by atoms with Crippen LogP contribution >= 0.6 is 0 Å². The number of aromatic nitrogens is 2. The van der Waals surface area contributed by atoms with Crippen LogP contribution in [0.1, 0.15) is 16.7 Å². The van der Waals surface area contributed by atoms with Crippen molar-refractivity contribution in [3.05, 3.63) is 81.6 Å². The molecule has 0 spiro atoms. The van der Waals surface area contributed by atoms with E-state index < -0.39 is 47.2 Å². The van der Waals surface area contributed by atoms with Crippen LogP contribution in [0.4, 0.5) is 32.0 Å². The minimum Gasteiger partial charge on any atom is -0.324 e. The summed E-state index contributed by atoms with van der Waals surface area (Å²) in [6.45, 7) is 1.10. The molecule has 1 heterocycles. The number of amides is 1. The molecule has 0 radical (unpaired) electrons. The van der Waals surface area contributed by atoms with E-state index in [1.54, 1.807) is 18.2 Å². The molecule has 3 aromatic rings. The van der Waals surface area contributed by atoms with Crippen LogP contribution < -0.4 is 10.9 Å². The van der Waals surface area contributed by atoms with Gasteiger partial charge in [-0.25, -0.2) is 4.68 Å². The van der Waals surface area contributed by atoms with Crippen LogP contribution in [0.15, 0.2) is 59.4 Å². The van der Waals surface area contributed by atoms with Gasteiger partial charge in [0.2, 0.25) is 5.91 Å². The molecule has 5 nitrogen and oxygen atoms in total. The van der Waals surface area contributed by atoms with E-state index in [1.807, 2.05) is 18.3 Å². The van der Waals surface area contributed by atoms with Crippen LogP contribution in [-0.2, 0) is 23.7 Å². The average Bonchev–Trinajstić information content (AvgIpc) is 2.68. The number of aryl methyl sites for hydroxylation is 1. The number of nitrogens with one attached hydrogen (secondary N) is 1. The zero-order valence-electron chi connectivity index (χ0n) is 16.4. The first-order valence-electron chi connectivity index (χ1n) is 9.08. The summed E-state index contributed by atoms with van der Waals surface area (Å²) in [5, 5.41) is 6.06. The second-order valence-electron chi connectivity index (χ2n) is 6.87. The number of rotatable bonds is 4. The Labute approximate surface area is 177 Å². The lowest BCUT2D eigenvalue weighted by molar-refractivity contribution is -0.143. The summed E-state index contributed by atoms with van der Waals surface area (Å²) in [7, 11) is 0. The Bertz CT molecular complexity index is 1180. The minimum atomic E-state index is -5.05. The summed E-state index contributed by atoms with van der Waals surface area (Å²) in [5.41, 5.74) is -2.61. The lowest BCUT2D eigenvalue weighted by Crippen LogP contribution is -2.29. The molecule has 0 bridgehead atoms. The van der Waals surface area contributed by atoms with Crippen molar-refractivity contribution in [1.29, 1.82) is 0 Å². The van der Waals surface area contributed by atoms with Crippen molar-refractivity contribution in [3.8, 4) is 11.3 Å². The predicted molar refractivity (Wildman–Crippen MR) is 104 cm³/mol. The number of carbonyl (C=O) groups excluding carboxylic acids is 1. The van der Waals surface area contributed by atoms with Gasteiger partial charge < -0.3 is 5.32 Å². The molecule has 0 fully saturated rings. The van der Waals surface area contributed by atoms with Gasteiger partial charge >= 0.3 is 12.4 Å². The maximum Gasteiger partial charge on any atom is 0.416 e. The number of nitrogens with zero attached hydrogens (tertiary/aromatic N) is 2. The van der Waals surface area contributed by atoms with Gasteiger partial charge in [-0.1, -0.05) is 24.3 Å². The standard InChI is InChI=1S/C21H15F6N3O2/c1-12-4-2-3-5-16(12)17-6-7-19(32)30(29-17)11-18(31)28-15-9-13(20(22,23)24)8-14(10-15)21(25,26)27/h2-10H,11H2,1H3,(H,28,31). The Morgan fingerprint density at radius 3 is 2.09 bits per heavy atom. The molecule has 0 atom stereocenters. The molecule has 0 unspecified atom stereocenters. The summed E-state index contributed by atoms with van der Waals surface area (Å²) in [4.78, 5) is 24.4. The first-order valence-corrected chi connectivity index (χ1v) is 9.08. The Morgan fingerprint density at radius 2 is 1.53 bits per heavy atom. The fourth-order valence-corrected chi connectivity index (χ4v) is 2.93. The van der Waals surface area contributed by atoms with E-state index in [4.69, 9.17) is 0 Å². The highest BCUT2D eigenvalue weighted by molar-refractivity contribution is 5.90. The molecule has 168 valence electrons. The van der Waals surface area contributed by atoms with Crippen molar-refractivity contribution in [2.24, 2.45) is 0 Å². The fourth-order valence-electron chi connectivity index (χ4n) is 2.93. The molecule has 0 aliphatic carbocycles. The fraction of sp³-hybridized carbons (Fsp3) is 0.190. The van der Waals surface area contributed by atoms with Crippen molar-refractivity contribution >= 4 is 11.6 Å². The van der Waals surface area contributed by atoms with Crippen molar-refractivity contribution in [2.45, 2.75) is 25.8 Å². The van der Waals surface area contributed by atoms with Crippen molar-refractivity contribution in [1.82, 2.24) is 9.78 Å². The summed E-state index contributed by atoms with van der Waals surface area (Å²) in [5.74, 6) is -1.02. The molecule has 1 N–H and O–H groups in total. The van der Waals surface area contributed by atoms with E-state index >= 15 is 0 Å². The molecule has 0 aliphatic heterocycles. The highest BCUT2D eigenvalue weighted by Gasteiger charge is 2.37. The molecule has 2 aromatic carbocycles. The maximum atomic E-state index is 13.0. The van der Waals surface area contributed by atoms with Crippen LogP contribution in [0.25, 0.3) is 11.3 Å². The van der Waals surface area contributed by atoms with Gasteiger partial charge in [-0.05, 0) is 36.8 Å². The first kappa shape index (κ1) is 23.0. The normalized spacial score (nSPS) is 12.0. The third-order valence-electron chi connectivity index (χ3n) is 4.45. The van der Waals surface area contributed by atoms with Crippen LogP contribution in [0.3, 0.4) is 0 Å². The van der Waals surface area contributed by atoms with Gasteiger partial charge in [0.1, 0.15) is 6.54 Å². The Morgan fingerprint density at radius 1 is 0.938 bits per heavy atom. The van der Waals surface area contributed by atoms with Crippen LogP contribution in [0, 0.1) is 6.92 Å². The second-order valence-corrected chi connectivity index (χ2v) is 6.87. The Hall–Kier alpha value is -3.63. The Kier molecular flexibility index (Phi) is 6.11. The lowest BCUT2D eigenvalue weighted by Gasteiger charge is -2.15. The summed E-state index contributed by atoms with van der Waals surface area (Å²) in [6, 6.07) is 10.4. The van der Waals surface area contributed by atoms with E-state index in [9.17, 15) is 35.9 Å². The maximum absolute atomic E-state index is 13.0. The van der Waals surface area contributed by atoms with E-state index in [0.29, 0.717) is 23.4 Å². The lowest BCUT2D eigenvalue weighted by atomic mass is 10.1. The molecule has 0 saturated carbocycles. The van der Waals surface area contributed by atoms with Gasteiger partial charge in [-0.3, -0.25) is 9.59 Å². The quantitative estimate of drug-likeness (QED) is 0.570. The van der Waals surface area contributed by atoms with Gasteiger partial charge in [-0.2, -0.15) is 31.4 Å². The minimum absolute atomic E-state index is 0.0482. The predicted octanol–water partition coefficient (Wildman–Crippen LogP) is 4.90. The number of carbonyl (C=O) groups is 1. The molecular weight excluding hydrogens is 440 g/mol. The molecule has 3 rings (SSSR count). The smallest absolute Gasteiger partial charge is 0.324 e. The zero-order valence-corrected chi connectivity index (χ0v) is 16.4. The number of benzene rings is 2. The third kappa shape index (κ3) is 5.34. The van der Waals surface area contributed by atoms with Gasteiger partial charge in [0.25, 0.3) is 5.56 Å². The molecular formula is C21H15F6N3O2. The monoisotopic (exact) mass is 455 g/mol. The van der Waals surface area contributed by atoms with Crippen LogP contribution in [0.5, 0.6) is 0 Å². The zero-order chi connectivity index (χ0) is 23.7. The molecule has 11 heteroatoms. The third-order valence-corrected chi connectivity index (χ3v) is 4.45. The van der Waals surface area contributed by atoms with Gasteiger partial charge in [-0.15, -0.1) is 0 Å². The van der Waals surface area contributed by atoms with Gasteiger partial charge in [0.05, 0.1) is 16.8 Å². The first-order chi connectivity index (χ1) is 14.8. The topological polar surface area (TPSA) is 64.0 Å². The molecule has 32 heavy (non-hydrogen) atoms. The van der Waals surface area contributed by atoms with Gasteiger partial charge in [0, 0.05) is 17.3 Å². The van der Waals surface area contributed by atoms with Crippen LogP contribution in [0.2, 0.25) is 0 Å². The number of alkyl halides is 6. The average molecular weight is 455 g/mol. The molecule has 1 aromatic heterocycles. The van der Waals surface area contributed by atoms with Crippen molar-refractivity contribution in [2.75, 3.05) is 5.32 Å². The summed E-state index contributed by atoms with van der Waals surface area (Å²) in [6.07, 6.45) is -10.1. The molecule has 0 aliphatic rings. The highest BCUT2D eigenvalue weighted by atomic mass is 19.4.